The molecule has 8 nitrogen and oxygen atoms in total. The van der Waals surface area contributed by atoms with Crippen LogP contribution in [0.4, 0.5) is 29.1 Å². The number of benzene rings is 1. The number of amides is 1. The molecule has 36 heavy (non-hydrogen) atoms. The molecule has 0 aliphatic carbocycles. The molecule has 2 aliphatic rings. The molecule has 1 atom stereocenters. The lowest BCUT2D eigenvalue weighted by atomic mass is 10.0. The van der Waals surface area contributed by atoms with Crippen molar-refractivity contribution in [2.75, 3.05) is 43.1 Å². The molecule has 1 saturated heterocycles. The van der Waals surface area contributed by atoms with Crippen LogP contribution in [0, 0.1) is 17.1 Å². The van der Waals surface area contributed by atoms with Crippen LogP contribution in [0.2, 0.25) is 0 Å². The summed E-state index contributed by atoms with van der Waals surface area (Å²) in [4.78, 5) is 26.1. The maximum Gasteiger partial charge on any atom is 0.421 e. The number of alkyl halides is 3. The van der Waals surface area contributed by atoms with Crippen molar-refractivity contribution in [1.82, 2.24) is 14.9 Å². The van der Waals surface area contributed by atoms with Gasteiger partial charge in [-0.3, -0.25) is 4.79 Å². The van der Waals surface area contributed by atoms with Crippen LogP contribution in [-0.4, -0.2) is 60.1 Å². The highest BCUT2D eigenvalue weighted by Gasteiger charge is 2.39. The number of nitrogens with zero attached hydrogens (tertiary/aromatic N) is 6. The number of rotatable bonds is 5. The summed E-state index contributed by atoms with van der Waals surface area (Å²) in [7, 11) is 1.39. The van der Waals surface area contributed by atoms with Gasteiger partial charge >= 0.3 is 12.2 Å². The van der Waals surface area contributed by atoms with Crippen molar-refractivity contribution in [1.29, 1.82) is 5.26 Å². The van der Waals surface area contributed by atoms with E-state index in [9.17, 15) is 27.6 Å². The highest BCUT2D eigenvalue weighted by molar-refractivity contribution is 5.87. The zero-order valence-corrected chi connectivity index (χ0v) is 19.6. The Kier molecular flexibility index (Phi) is 7.01. The number of halogens is 4. The maximum atomic E-state index is 14.2. The van der Waals surface area contributed by atoms with Crippen molar-refractivity contribution in [3.63, 3.8) is 0 Å². The van der Waals surface area contributed by atoms with E-state index in [0.717, 1.165) is 11.6 Å². The van der Waals surface area contributed by atoms with E-state index in [1.165, 1.54) is 30.2 Å². The van der Waals surface area contributed by atoms with Crippen LogP contribution in [-0.2, 0) is 23.9 Å². The second kappa shape index (κ2) is 10.0. The van der Waals surface area contributed by atoms with Gasteiger partial charge in [0, 0.05) is 31.7 Å². The Morgan fingerprint density at radius 1 is 1.28 bits per heavy atom. The molecule has 4 rings (SSSR count). The minimum atomic E-state index is -4.85. The highest BCUT2D eigenvalue weighted by atomic mass is 19.4. The van der Waals surface area contributed by atoms with Crippen LogP contribution in [0.15, 0.2) is 30.9 Å². The molecule has 2 aromatic rings. The maximum absolute atomic E-state index is 14.2. The molecule has 190 valence electrons. The minimum Gasteiger partial charge on any atom is -0.467 e. The lowest BCUT2D eigenvalue weighted by Gasteiger charge is -2.42. The van der Waals surface area contributed by atoms with Crippen molar-refractivity contribution in [2.24, 2.45) is 0 Å². The number of hydrogen-bond acceptors (Lipinski definition) is 7. The van der Waals surface area contributed by atoms with Crippen molar-refractivity contribution in [3.8, 4) is 12.1 Å². The van der Waals surface area contributed by atoms with Crippen molar-refractivity contribution in [2.45, 2.75) is 31.6 Å². The topological polar surface area (TPSA) is 85.6 Å². The molecule has 0 radical (unpaired) electrons. The molecule has 0 spiro atoms. The number of anilines is 2. The number of fused-ring (bicyclic) bond motifs is 1. The fourth-order valence-electron chi connectivity index (χ4n) is 4.74. The number of hydrogen-bond donors (Lipinski definition) is 0. The molecule has 1 fully saturated rings. The van der Waals surface area contributed by atoms with E-state index in [4.69, 9.17) is 4.74 Å². The average Bonchev–Trinajstić information content (AvgIpc) is 2.86. The predicted octanol–water partition coefficient (Wildman–Crippen LogP) is 3.32. The fraction of sp³-hybridized carbons (Fsp3) is 0.417. The van der Waals surface area contributed by atoms with E-state index in [-0.39, 0.29) is 43.2 Å². The Labute approximate surface area is 205 Å². The zero-order valence-electron chi connectivity index (χ0n) is 19.6. The van der Waals surface area contributed by atoms with Crippen molar-refractivity contribution in [3.05, 3.63) is 53.5 Å². The first-order chi connectivity index (χ1) is 17.2. The van der Waals surface area contributed by atoms with E-state index in [0.29, 0.717) is 37.6 Å². The number of ether oxygens (including phenoxy) is 1. The van der Waals surface area contributed by atoms with Gasteiger partial charge in [0.1, 0.15) is 17.2 Å². The van der Waals surface area contributed by atoms with Gasteiger partial charge in [0.2, 0.25) is 5.91 Å². The van der Waals surface area contributed by atoms with Gasteiger partial charge < -0.3 is 19.4 Å². The Bertz CT molecular complexity index is 1210. The van der Waals surface area contributed by atoms with Gasteiger partial charge in [0.15, 0.2) is 0 Å². The molecule has 1 aromatic carbocycles. The van der Waals surface area contributed by atoms with E-state index in [2.05, 4.69) is 22.6 Å². The van der Waals surface area contributed by atoms with Gasteiger partial charge in [-0.05, 0) is 24.6 Å². The molecule has 1 amide bonds. The van der Waals surface area contributed by atoms with Crippen LogP contribution in [0.3, 0.4) is 0 Å². The van der Waals surface area contributed by atoms with Gasteiger partial charge in [-0.15, -0.1) is 0 Å². The molecule has 1 aromatic heterocycles. The Balaban J connectivity index is 1.68. The van der Waals surface area contributed by atoms with Crippen molar-refractivity contribution < 1.29 is 27.1 Å². The third kappa shape index (κ3) is 4.78. The minimum absolute atomic E-state index is 0.00425. The Morgan fingerprint density at radius 3 is 2.72 bits per heavy atom. The predicted molar refractivity (Wildman–Crippen MR) is 123 cm³/mol. The number of methoxy groups -OCH3 is 1. The molecule has 0 bridgehead atoms. The number of piperazine rings is 1. The Morgan fingerprint density at radius 2 is 2.06 bits per heavy atom. The fourth-order valence-corrected chi connectivity index (χ4v) is 4.74. The number of carbonyl (C=O) groups is 1. The molecule has 0 N–H and O–H groups in total. The van der Waals surface area contributed by atoms with Crippen LogP contribution in [0.25, 0.3) is 0 Å². The standard InChI is InChI=1S/C24H24F4N6O2/c1-3-20(35)34-12-11-33(13-15(34)7-9-29)22-16-8-10-32(14-18(16)30-23(31-22)36-2)19-6-4-5-17(25)21(19)24(26,27)28/h3-6,15H,1,7-8,10-14H2,2H3. The van der Waals surface area contributed by atoms with Crippen LogP contribution < -0.4 is 14.5 Å². The molecular weight excluding hydrogens is 480 g/mol. The summed E-state index contributed by atoms with van der Waals surface area (Å²) in [5.74, 6) is -1.04. The normalized spacial score (nSPS) is 17.9. The molecular formula is C24H24F4N6O2. The average molecular weight is 504 g/mol. The lowest BCUT2D eigenvalue weighted by molar-refractivity contribution is -0.139. The smallest absolute Gasteiger partial charge is 0.421 e. The molecule has 2 aliphatic heterocycles. The monoisotopic (exact) mass is 504 g/mol. The van der Waals surface area contributed by atoms with Crippen LogP contribution in [0.5, 0.6) is 6.01 Å². The summed E-state index contributed by atoms with van der Waals surface area (Å²) >= 11 is 0. The Hall–Kier alpha value is -3.88. The third-order valence-corrected chi connectivity index (χ3v) is 6.39. The summed E-state index contributed by atoms with van der Waals surface area (Å²) in [5, 5.41) is 9.27. The summed E-state index contributed by atoms with van der Waals surface area (Å²) in [6.07, 6.45) is -3.20. The van der Waals surface area contributed by atoms with Gasteiger partial charge in [-0.2, -0.15) is 28.4 Å². The first-order valence-corrected chi connectivity index (χ1v) is 11.3. The first kappa shape index (κ1) is 25.2. The molecule has 3 heterocycles. The summed E-state index contributed by atoms with van der Waals surface area (Å²) in [5.41, 5.74) is -0.340. The molecule has 12 heteroatoms. The third-order valence-electron chi connectivity index (χ3n) is 6.39. The van der Waals surface area contributed by atoms with E-state index < -0.39 is 17.6 Å². The second-order valence-corrected chi connectivity index (χ2v) is 8.46. The number of carbonyl (C=O) groups excluding carboxylic acids is 1. The number of aromatic nitrogens is 2. The largest absolute Gasteiger partial charge is 0.467 e. The summed E-state index contributed by atoms with van der Waals surface area (Å²) < 4.78 is 60.3. The molecule has 0 saturated carbocycles. The van der Waals surface area contributed by atoms with Gasteiger partial charge in [-0.25, -0.2) is 4.39 Å². The second-order valence-electron chi connectivity index (χ2n) is 8.46. The lowest BCUT2D eigenvalue weighted by Crippen LogP contribution is -2.55. The van der Waals surface area contributed by atoms with Crippen LogP contribution in [0.1, 0.15) is 23.2 Å². The van der Waals surface area contributed by atoms with Crippen molar-refractivity contribution >= 4 is 17.4 Å². The zero-order chi connectivity index (χ0) is 26.0. The summed E-state index contributed by atoms with van der Waals surface area (Å²) in [6, 6.07) is 5.06. The van der Waals surface area contributed by atoms with Gasteiger partial charge in [0.05, 0.1) is 43.6 Å². The van der Waals surface area contributed by atoms with Gasteiger partial charge in [0.25, 0.3) is 0 Å². The first-order valence-electron chi connectivity index (χ1n) is 11.3. The highest BCUT2D eigenvalue weighted by Crippen LogP contribution is 2.40. The number of nitriles is 1. The quantitative estimate of drug-likeness (QED) is 0.456. The summed E-state index contributed by atoms with van der Waals surface area (Å²) in [6.45, 7) is 4.84. The van der Waals surface area contributed by atoms with E-state index in [1.54, 1.807) is 4.90 Å². The molecule has 1 unspecified atom stereocenters. The SMILES string of the molecule is C=CC(=O)N1CCN(c2nc(OC)nc3c2CCN(c2cccc(F)c2C(F)(F)F)C3)CC1CC#N. The van der Waals surface area contributed by atoms with E-state index >= 15 is 0 Å². The van der Waals surface area contributed by atoms with E-state index in [1.807, 2.05) is 4.90 Å². The van der Waals surface area contributed by atoms with Crippen LogP contribution >= 0.6 is 0 Å². The van der Waals surface area contributed by atoms with Gasteiger partial charge in [-0.1, -0.05) is 12.6 Å².